The van der Waals surface area contributed by atoms with Gasteiger partial charge in [-0.2, -0.15) is 26.3 Å². The van der Waals surface area contributed by atoms with Crippen LogP contribution in [0.4, 0.5) is 26.3 Å². The topological polar surface area (TPSA) is 40.5 Å². The molecule has 0 aliphatic heterocycles. The Bertz CT molecular complexity index is 640. The summed E-state index contributed by atoms with van der Waals surface area (Å²) in [6.07, 6.45) is -9.61. The van der Waals surface area contributed by atoms with E-state index in [-0.39, 0.29) is 17.8 Å². The zero-order chi connectivity index (χ0) is 21.1. The van der Waals surface area contributed by atoms with Crippen molar-refractivity contribution in [3.05, 3.63) is 23.3 Å². The number of halogens is 6. The Morgan fingerprint density at radius 1 is 1.07 bits per heavy atom. The van der Waals surface area contributed by atoms with Crippen LogP contribution in [0.3, 0.4) is 0 Å². The summed E-state index contributed by atoms with van der Waals surface area (Å²) in [4.78, 5) is 0. The maximum atomic E-state index is 13.5. The normalized spacial score (nSPS) is 33.4. The van der Waals surface area contributed by atoms with E-state index in [0.29, 0.717) is 18.4 Å². The molecular weight excluding hydrogens is 374 g/mol. The first-order valence-corrected chi connectivity index (χ1v) is 8.95. The molecule has 2 bridgehead atoms. The Labute approximate surface area is 154 Å². The second-order valence-electron chi connectivity index (χ2n) is 8.98. The maximum Gasteiger partial charge on any atom is 0.421 e. The molecule has 27 heavy (non-hydrogen) atoms. The van der Waals surface area contributed by atoms with Crippen molar-refractivity contribution >= 4 is 0 Å². The van der Waals surface area contributed by atoms with Gasteiger partial charge in [0.1, 0.15) is 0 Å². The summed E-state index contributed by atoms with van der Waals surface area (Å²) >= 11 is 0. The lowest BCUT2D eigenvalue weighted by Crippen LogP contribution is -2.63. The summed E-state index contributed by atoms with van der Waals surface area (Å²) in [5, 5.41) is 20.5. The first-order chi connectivity index (χ1) is 11.9. The van der Waals surface area contributed by atoms with Crippen molar-refractivity contribution in [3.8, 4) is 0 Å². The zero-order valence-corrected chi connectivity index (χ0v) is 15.8. The second kappa shape index (κ2) is 6.51. The molecule has 0 amide bonds. The Kier molecular flexibility index (Phi) is 5.37. The van der Waals surface area contributed by atoms with Crippen LogP contribution in [-0.4, -0.2) is 33.8 Å². The highest BCUT2D eigenvalue weighted by Gasteiger charge is 2.70. The second-order valence-corrected chi connectivity index (χ2v) is 8.98. The number of rotatable bonds is 3. The van der Waals surface area contributed by atoms with Gasteiger partial charge in [-0.05, 0) is 36.2 Å². The molecule has 4 atom stereocenters. The van der Waals surface area contributed by atoms with Crippen molar-refractivity contribution in [2.24, 2.45) is 17.3 Å². The van der Waals surface area contributed by atoms with Crippen LogP contribution >= 0.6 is 0 Å². The minimum Gasteiger partial charge on any atom is -0.380 e. The van der Waals surface area contributed by atoms with Gasteiger partial charge in [0.25, 0.3) is 0 Å². The standard InChI is InChI=1S/C19H26F6O2/c1-5-11(9-15(2,3)4)12-6-13-8-14(7-12)17(27,19(23,24)25)10-16(13,26)18(20,21)22/h6,8,11,14,26-27H,5,7,9-10H2,1-4H3. The molecule has 0 heterocycles. The Morgan fingerprint density at radius 3 is 2.04 bits per heavy atom. The molecule has 0 saturated heterocycles. The van der Waals surface area contributed by atoms with E-state index >= 15 is 0 Å². The minimum absolute atomic E-state index is 0.177. The molecule has 2 aliphatic rings. The van der Waals surface area contributed by atoms with Gasteiger partial charge in [-0.25, -0.2) is 0 Å². The number of aliphatic hydroxyl groups is 2. The summed E-state index contributed by atoms with van der Waals surface area (Å²) in [6, 6.07) is 0. The molecule has 0 radical (unpaired) electrons. The highest BCUT2D eigenvalue weighted by atomic mass is 19.4. The predicted molar refractivity (Wildman–Crippen MR) is 88.8 cm³/mol. The highest BCUT2D eigenvalue weighted by Crippen LogP contribution is 2.57. The van der Waals surface area contributed by atoms with Crippen LogP contribution in [-0.2, 0) is 0 Å². The van der Waals surface area contributed by atoms with Crippen molar-refractivity contribution in [2.45, 2.75) is 76.9 Å². The van der Waals surface area contributed by atoms with Gasteiger partial charge in [-0.3, -0.25) is 0 Å². The third-order valence-electron chi connectivity index (χ3n) is 5.63. The van der Waals surface area contributed by atoms with E-state index in [4.69, 9.17) is 0 Å². The Morgan fingerprint density at radius 2 is 1.63 bits per heavy atom. The van der Waals surface area contributed by atoms with Crippen LogP contribution in [0.1, 0.15) is 53.4 Å². The molecule has 2 N–H and O–H groups in total. The average Bonchev–Trinajstić information content (AvgIpc) is 2.47. The lowest BCUT2D eigenvalue weighted by molar-refractivity contribution is -0.321. The maximum absolute atomic E-state index is 13.5. The van der Waals surface area contributed by atoms with Crippen molar-refractivity contribution in [1.29, 1.82) is 0 Å². The fraction of sp³-hybridized carbons (Fsp3) is 0.789. The molecule has 2 aliphatic carbocycles. The number of hydrogen-bond donors (Lipinski definition) is 2. The molecular formula is C19H26F6O2. The smallest absolute Gasteiger partial charge is 0.380 e. The van der Waals surface area contributed by atoms with Crippen LogP contribution in [0.5, 0.6) is 0 Å². The molecule has 0 spiro atoms. The number of hydrogen-bond acceptors (Lipinski definition) is 2. The van der Waals surface area contributed by atoms with Crippen molar-refractivity contribution < 1.29 is 36.6 Å². The van der Waals surface area contributed by atoms with Gasteiger partial charge in [0.15, 0.2) is 11.2 Å². The molecule has 156 valence electrons. The fourth-order valence-electron chi connectivity index (χ4n) is 4.16. The molecule has 0 aromatic heterocycles. The van der Waals surface area contributed by atoms with E-state index in [0.717, 1.165) is 6.08 Å². The molecule has 0 aromatic rings. The van der Waals surface area contributed by atoms with Crippen LogP contribution < -0.4 is 0 Å². The number of alkyl halides is 6. The number of allylic oxidation sites excluding steroid dienone is 1. The summed E-state index contributed by atoms with van der Waals surface area (Å²) in [5.41, 5.74) is -7.73. The summed E-state index contributed by atoms with van der Waals surface area (Å²) in [6.45, 7) is 7.65. The highest BCUT2D eigenvalue weighted by molar-refractivity contribution is 5.43. The van der Waals surface area contributed by atoms with Crippen molar-refractivity contribution in [1.82, 2.24) is 0 Å². The first-order valence-electron chi connectivity index (χ1n) is 8.95. The zero-order valence-electron chi connectivity index (χ0n) is 15.8. The SMILES string of the molecule is CCC(CC(C)(C)C)C1=CC2=CC(C1)C(O)(C(F)(F)F)CC2(O)C(F)(F)F. The molecule has 0 aromatic carbocycles. The minimum atomic E-state index is -5.34. The van der Waals surface area contributed by atoms with Crippen LogP contribution in [0.2, 0.25) is 0 Å². The van der Waals surface area contributed by atoms with Gasteiger partial charge in [-0.15, -0.1) is 0 Å². The van der Waals surface area contributed by atoms with Gasteiger partial charge in [0.2, 0.25) is 0 Å². The lowest BCUT2D eigenvalue weighted by atomic mass is 9.62. The Hall–Kier alpha value is -1.02. The fourth-order valence-corrected chi connectivity index (χ4v) is 4.16. The third kappa shape index (κ3) is 3.92. The van der Waals surface area contributed by atoms with E-state index in [1.54, 1.807) is 0 Å². The summed E-state index contributed by atoms with van der Waals surface area (Å²) in [7, 11) is 0. The monoisotopic (exact) mass is 400 g/mol. The lowest BCUT2D eigenvalue weighted by Gasteiger charge is -2.49. The summed E-state index contributed by atoms with van der Waals surface area (Å²) < 4.78 is 81.2. The Balaban J connectivity index is 2.57. The van der Waals surface area contributed by atoms with E-state index in [9.17, 15) is 36.6 Å². The van der Waals surface area contributed by atoms with E-state index in [1.165, 1.54) is 6.08 Å². The largest absolute Gasteiger partial charge is 0.421 e. The van der Waals surface area contributed by atoms with Gasteiger partial charge >= 0.3 is 12.4 Å². The van der Waals surface area contributed by atoms with Gasteiger partial charge in [0, 0.05) is 12.3 Å². The molecule has 0 saturated carbocycles. The third-order valence-corrected chi connectivity index (χ3v) is 5.63. The first kappa shape index (κ1) is 22.3. The van der Waals surface area contributed by atoms with Crippen LogP contribution in [0.15, 0.2) is 23.3 Å². The van der Waals surface area contributed by atoms with Gasteiger partial charge < -0.3 is 10.2 Å². The molecule has 2 nitrogen and oxygen atoms in total. The number of fused-ring (bicyclic) bond motifs is 1. The van der Waals surface area contributed by atoms with Crippen molar-refractivity contribution in [3.63, 3.8) is 0 Å². The average molecular weight is 400 g/mol. The van der Waals surface area contributed by atoms with Crippen molar-refractivity contribution in [2.75, 3.05) is 0 Å². The molecule has 0 fully saturated rings. The summed E-state index contributed by atoms with van der Waals surface area (Å²) in [5.74, 6) is -1.78. The predicted octanol–water partition coefficient (Wildman–Crippen LogP) is 5.31. The van der Waals surface area contributed by atoms with E-state index < -0.39 is 41.5 Å². The molecule has 8 heteroatoms. The van der Waals surface area contributed by atoms with Crippen LogP contribution in [0.25, 0.3) is 0 Å². The van der Waals surface area contributed by atoms with E-state index in [1.807, 2.05) is 27.7 Å². The van der Waals surface area contributed by atoms with Crippen LogP contribution in [0, 0.1) is 17.3 Å². The van der Waals surface area contributed by atoms with Gasteiger partial charge in [-0.1, -0.05) is 45.4 Å². The molecule has 4 unspecified atom stereocenters. The van der Waals surface area contributed by atoms with E-state index in [2.05, 4.69) is 0 Å². The quantitative estimate of drug-likeness (QED) is 0.630. The molecule has 2 rings (SSSR count). The van der Waals surface area contributed by atoms with Gasteiger partial charge in [0.05, 0.1) is 0 Å².